The number of rotatable bonds is 2. The molecule has 3 aromatic rings. The van der Waals surface area contributed by atoms with Gasteiger partial charge in [-0.15, -0.1) is 11.3 Å². The number of hydrogen-bond donors (Lipinski definition) is 2. The molecule has 0 bridgehead atoms. The number of aromatic nitrogens is 2. The number of H-pyrrole nitrogens is 1. The average Bonchev–Trinajstić information content (AvgIpc) is 2.95. The minimum absolute atomic E-state index is 0.516. The van der Waals surface area contributed by atoms with Gasteiger partial charge in [-0.2, -0.15) is 5.10 Å². The van der Waals surface area contributed by atoms with E-state index in [0.29, 0.717) is 5.82 Å². The highest BCUT2D eigenvalue weighted by Gasteiger charge is 2.17. The van der Waals surface area contributed by atoms with Crippen molar-refractivity contribution in [1.82, 2.24) is 10.2 Å². The van der Waals surface area contributed by atoms with Crippen LogP contribution in [-0.2, 0) is 0 Å². The molecule has 1 aromatic carbocycles. The number of nitrogens with two attached hydrogens (primary N) is 1. The van der Waals surface area contributed by atoms with Gasteiger partial charge in [0.1, 0.15) is 0 Å². The van der Waals surface area contributed by atoms with E-state index in [1.807, 2.05) is 36.4 Å². The molecule has 19 heavy (non-hydrogen) atoms. The average molecular weight is 399 g/mol. The molecule has 0 amide bonds. The van der Waals surface area contributed by atoms with E-state index in [9.17, 15) is 0 Å². The third-order valence-corrected chi connectivity index (χ3v) is 6.02. The first-order chi connectivity index (χ1) is 9.16. The fourth-order valence-corrected chi connectivity index (χ4v) is 3.94. The van der Waals surface area contributed by atoms with E-state index < -0.39 is 0 Å². The topological polar surface area (TPSA) is 54.7 Å². The fraction of sp³-hybridized carbons (Fsp3) is 0. The Morgan fingerprint density at radius 1 is 1.16 bits per heavy atom. The maximum Gasteiger partial charge on any atom is 0.153 e. The quantitative estimate of drug-likeness (QED) is 0.644. The van der Waals surface area contributed by atoms with Gasteiger partial charge in [-0.05, 0) is 43.5 Å². The van der Waals surface area contributed by atoms with Gasteiger partial charge in [0.2, 0.25) is 0 Å². The van der Waals surface area contributed by atoms with Crippen molar-refractivity contribution >= 4 is 49.0 Å². The Morgan fingerprint density at radius 3 is 2.53 bits per heavy atom. The molecular weight excluding hydrogens is 390 g/mol. The lowest BCUT2D eigenvalue weighted by Crippen LogP contribution is -1.87. The Morgan fingerprint density at radius 2 is 1.89 bits per heavy atom. The van der Waals surface area contributed by atoms with Gasteiger partial charge in [-0.1, -0.05) is 30.3 Å². The standard InChI is InChI=1S/C13H9Br2N3S/c14-8-6-9(19-12(8)15)11-10(13(16)18-17-11)7-4-2-1-3-5-7/h1-6H,(H3,16,17,18). The lowest BCUT2D eigenvalue weighted by Gasteiger charge is -2.02. The molecule has 0 unspecified atom stereocenters. The van der Waals surface area contributed by atoms with Gasteiger partial charge in [-0.25, -0.2) is 0 Å². The second-order valence-electron chi connectivity index (χ2n) is 3.96. The minimum Gasteiger partial charge on any atom is -0.382 e. The monoisotopic (exact) mass is 397 g/mol. The van der Waals surface area contributed by atoms with Crippen LogP contribution in [0.15, 0.2) is 44.7 Å². The first kappa shape index (κ1) is 12.9. The smallest absolute Gasteiger partial charge is 0.153 e. The maximum atomic E-state index is 5.99. The van der Waals surface area contributed by atoms with Gasteiger partial charge in [-0.3, -0.25) is 5.10 Å². The molecule has 0 aliphatic heterocycles. The van der Waals surface area contributed by atoms with E-state index in [2.05, 4.69) is 42.1 Å². The van der Waals surface area contributed by atoms with Crippen LogP contribution in [0.3, 0.4) is 0 Å². The number of anilines is 1. The zero-order chi connectivity index (χ0) is 13.4. The summed E-state index contributed by atoms with van der Waals surface area (Å²) in [6.07, 6.45) is 0. The summed E-state index contributed by atoms with van der Waals surface area (Å²) >= 11 is 8.64. The van der Waals surface area contributed by atoms with Crippen LogP contribution in [-0.4, -0.2) is 10.2 Å². The Labute approximate surface area is 131 Å². The Kier molecular flexibility index (Phi) is 3.47. The highest BCUT2D eigenvalue weighted by atomic mass is 79.9. The maximum absolute atomic E-state index is 5.99. The fourth-order valence-electron chi connectivity index (χ4n) is 1.90. The van der Waals surface area contributed by atoms with Crippen LogP contribution in [0.25, 0.3) is 21.7 Å². The largest absolute Gasteiger partial charge is 0.382 e. The van der Waals surface area contributed by atoms with Crippen molar-refractivity contribution in [2.75, 3.05) is 5.73 Å². The first-order valence-electron chi connectivity index (χ1n) is 5.51. The second-order valence-corrected chi connectivity index (χ2v) is 7.18. The van der Waals surface area contributed by atoms with Crippen molar-refractivity contribution in [3.8, 4) is 21.7 Å². The summed E-state index contributed by atoms with van der Waals surface area (Å²) in [6, 6.07) is 12.1. The Bertz CT molecular complexity index is 699. The summed E-state index contributed by atoms with van der Waals surface area (Å²) in [5.41, 5.74) is 8.94. The summed E-state index contributed by atoms with van der Waals surface area (Å²) in [5, 5.41) is 7.16. The summed E-state index contributed by atoms with van der Waals surface area (Å²) in [7, 11) is 0. The van der Waals surface area contributed by atoms with Gasteiger partial charge in [0, 0.05) is 4.47 Å². The van der Waals surface area contributed by atoms with E-state index in [4.69, 9.17) is 5.73 Å². The van der Waals surface area contributed by atoms with Crippen LogP contribution in [0, 0.1) is 0 Å². The van der Waals surface area contributed by atoms with E-state index in [1.165, 1.54) is 0 Å². The van der Waals surface area contributed by atoms with Crippen molar-refractivity contribution in [2.24, 2.45) is 0 Å². The zero-order valence-electron chi connectivity index (χ0n) is 9.65. The summed E-state index contributed by atoms with van der Waals surface area (Å²) in [5.74, 6) is 0.516. The number of nitrogen functional groups attached to an aromatic ring is 1. The third-order valence-electron chi connectivity index (χ3n) is 2.75. The molecule has 3 rings (SSSR count). The highest BCUT2D eigenvalue weighted by Crippen LogP contribution is 2.42. The highest BCUT2D eigenvalue weighted by molar-refractivity contribution is 9.13. The summed E-state index contributed by atoms with van der Waals surface area (Å²) < 4.78 is 2.08. The van der Waals surface area contributed by atoms with Gasteiger partial charge < -0.3 is 5.73 Å². The van der Waals surface area contributed by atoms with Crippen LogP contribution < -0.4 is 5.73 Å². The predicted octanol–water partition coefficient (Wildman–Crippen LogP) is 4.91. The van der Waals surface area contributed by atoms with Crippen LogP contribution in [0.2, 0.25) is 0 Å². The lowest BCUT2D eigenvalue weighted by molar-refractivity contribution is 1.11. The molecule has 0 aliphatic rings. The van der Waals surface area contributed by atoms with E-state index in [0.717, 1.165) is 30.0 Å². The van der Waals surface area contributed by atoms with Crippen molar-refractivity contribution in [2.45, 2.75) is 0 Å². The summed E-state index contributed by atoms with van der Waals surface area (Å²) in [4.78, 5) is 1.09. The molecule has 0 saturated heterocycles. The van der Waals surface area contributed by atoms with Gasteiger partial charge >= 0.3 is 0 Å². The van der Waals surface area contributed by atoms with Gasteiger partial charge in [0.25, 0.3) is 0 Å². The molecule has 2 heterocycles. The zero-order valence-corrected chi connectivity index (χ0v) is 13.6. The number of thiophene rings is 1. The van der Waals surface area contributed by atoms with E-state index in [-0.39, 0.29) is 0 Å². The van der Waals surface area contributed by atoms with Crippen molar-refractivity contribution < 1.29 is 0 Å². The van der Waals surface area contributed by atoms with Crippen LogP contribution >= 0.6 is 43.2 Å². The van der Waals surface area contributed by atoms with Crippen molar-refractivity contribution in [3.05, 3.63) is 44.7 Å². The molecule has 0 saturated carbocycles. The number of nitrogens with zero attached hydrogens (tertiary/aromatic N) is 1. The van der Waals surface area contributed by atoms with Crippen LogP contribution in [0.5, 0.6) is 0 Å². The molecule has 0 spiro atoms. The molecule has 0 aliphatic carbocycles. The first-order valence-corrected chi connectivity index (χ1v) is 7.91. The molecular formula is C13H9Br2N3S. The van der Waals surface area contributed by atoms with Gasteiger partial charge in [0.15, 0.2) is 5.82 Å². The Hall–Kier alpha value is -1.11. The van der Waals surface area contributed by atoms with Crippen molar-refractivity contribution in [3.63, 3.8) is 0 Å². The molecule has 3 nitrogen and oxygen atoms in total. The van der Waals surface area contributed by atoms with Crippen LogP contribution in [0.1, 0.15) is 0 Å². The normalized spacial score (nSPS) is 10.8. The molecule has 3 N–H and O–H groups in total. The molecule has 6 heteroatoms. The minimum atomic E-state index is 0.516. The number of benzene rings is 1. The van der Waals surface area contributed by atoms with Gasteiger partial charge in [0.05, 0.1) is 19.9 Å². The number of hydrogen-bond acceptors (Lipinski definition) is 3. The van der Waals surface area contributed by atoms with E-state index in [1.54, 1.807) is 11.3 Å². The van der Waals surface area contributed by atoms with E-state index >= 15 is 0 Å². The lowest BCUT2D eigenvalue weighted by atomic mass is 10.0. The van der Waals surface area contributed by atoms with Crippen LogP contribution in [0.4, 0.5) is 5.82 Å². The molecule has 0 atom stereocenters. The number of aromatic amines is 1. The number of halogens is 2. The second kappa shape index (κ2) is 5.11. The third kappa shape index (κ3) is 2.35. The molecule has 0 fully saturated rings. The summed E-state index contributed by atoms with van der Waals surface area (Å²) in [6.45, 7) is 0. The molecule has 0 radical (unpaired) electrons. The predicted molar refractivity (Wildman–Crippen MR) is 87.1 cm³/mol. The van der Waals surface area contributed by atoms with Crippen molar-refractivity contribution in [1.29, 1.82) is 0 Å². The molecule has 2 aromatic heterocycles. The SMILES string of the molecule is Nc1n[nH]c(-c2cc(Br)c(Br)s2)c1-c1ccccc1. The number of nitrogens with one attached hydrogen (secondary N) is 1. The molecule has 96 valence electrons. The Balaban J connectivity index is 2.19.